The summed E-state index contributed by atoms with van der Waals surface area (Å²) in [5.74, 6) is 0.930. The molecule has 1 aliphatic heterocycles. The topological polar surface area (TPSA) is 71.3 Å². The van der Waals surface area contributed by atoms with Crippen molar-refractivity contribution < 1.29 is 30.9 Å². The maximum Gasteiger partial charge on any atom is 0.299 e. The number of furan rings is 1. The first-order valence-corrected chi connectivity index (χ1v) is 6.00. The highest BCUT2D eigenvalue weighted by Crippen LogP contribution is 2.15. The molecule has 0 saturated carbocycles. The number of nitrogens with zero attached hydrogens (tertiary/aromatic N) is 1. The quantitative estimate of drug-likeness (QED) is 0.634. The zero-order valence-electron chi connectivity index (χ0n) is 10.9. The average molecular weight is 336 g/mol. The van der Waals surface area contributed by atoms with Gasteiger partial charge in [-0.1, -0.05) is 18.2 Å². The molecule has 1 aliphatic rings. The number of nitrogens with two attached hydrogens (primary N) is 1. The highest BCUT2D eigenvalue weighted by Gasteiger charge is 2.26. The van der Waals surface area contributed by atoms with E-state index in [4.69, 9.17) is 10.2 Å². The van der Waals surface area contributed by atoms with Gasteiger partial charge in [0, 0.05) is 5.56 Å². The number of aryl methyl sites for hydroxylation is 1. The van der Waals surface area contributed by atoms with E-state index in [0.717, 1.165) is 11.1 Å². The van der Waals surface area contributed by atoms with Crippen molar-refractivity contribution in [3.63, 3.8) is 0 Å². The number of amides is 1. The first kappa shape index (κ1) is 14.3. The number of rotatable bonds is 2. The molecule has 0 atom stereocenters. The predicted molar refractivity (Wildman–Crippen MR) is 69.6 cm³/mol. The lowest BCUT2D eigenvalue weighted by atomic mass is 10.1. The molecule has 0 spiro atoms. The van der Waals surface area contributed by atoms with Crippen molar-refractivity contribution in [3.8, 4) is 0 Å². The van der Waals surface area contributed by atoms with Crippen LogP contribution in [0, 0.1) is 6.92 Å². The summed E-state index contributed by atoms with van der Waals surface area (Å²) in [7, 11) is 0. The van der Waals surface area contributed by atoms with E-state index in [-0.39, 0.29) is 22.9 Å². The number of hydrogen-bond acceptors (Lipinski definition) is 3. The average Bonchev–Trinajstić information content (AvgIpc) is 2.95. The Morgan fingerprint density at radius 2 is 2.10 bits per heavy atom. The molecule has 0 bridgehead atoms. The molecule has 0 fully saturated rings. The van der Waals surface area contributed by atoms with Gasteiger partial charge in [0.25, 0.3) is 11.7 Å². The first-order chi connectivity index (χ1) is 9.16. The zero-order valence-corrected chi connectivity index (χ0v) is 12.5. The molecule has 1 aromatic heterocycles. The fourth-order valence-electron chi connectivity index (χ4n) is 2.21. The molecule has 0 unspecified atom stereocenters. The Hall–Kier alpha value is -2.08. The molecule has 2 heterocycles. The Morgan fingerprint density at radius 1 is 1.35 bits per heavy atom. The van der Waals surface area contributed by atoms with Crippen molar-refractivity contribution in [3.05, 3.63) is 59.0 Å². The van der Waals surface area contributed by atoms with Crippen LogP contribution >= 0.6 is 0 Å². The number of nitrogens with one attached hydrogen (secondary N) is 1. The van der Waals surface area contributed by atoms with E-state index in [1.807, 2.05) is 24.3 Å². The Bertz CT molecular complexity index is 691. The summed E-state index contributed by atoms with van der Waals surface area (Å²) in [6.07, 6.45) is 1.50. The van der Waals surface area contributed by atoms with Crippen LogP contribution in [0.1, 0.15) is 27.2 Å². The van der Waals surface area contributed by atoms with Crippen LogP contribution in [0.2, 0.25) is 0 Å². The van der Waals surface area contributed by atoms with E-state index in [1.165, 1.54) is 6.26 Å². The number of hydrogen-bond donors (Lipinski definition) is 2. The molecule has 5 nitrogen and oxygen atoms in total. The summed E-state index contributed by atoms with van der Waals surface area (Å²) >= 11 is 0. The summed E-state index contributed by atoms with van der Waals surface area (Å²) in [5, 5.41) is 0. The van der Waals surface area contributed by atoms with E-state index in [9.17, 15) is 4.79 Å². The molecule has 3 rings (SSSR count). The van der Waals surface area contributed by atoms with E-state index < -0.39 is 0 Å². The van der Waals surface area contributed by atoms with Gasteiger partial charge in [0.15, 0.2) is 0 Å². The van der Waals surface area contributed by atoms with Gasteiger partial charge in [-0.25, -0.2) is 0 Å². The van der Waals surface area contributed by atoms with Crippen LogP contribution in [-0.4, -0.2) is 16.4 Å². The number of carbonyl (C=O) groups is 1. The van der Waals surface area contributed by atoms with Crippen molar-refractivity contribution in [2.75, 3.05) is 0 Å². The van der Waals surface area contributed by atoms with Crippen LogP contribution in [0.3, 0.4) is 0 Å². The molecular formula is C14H14BrN3O2. The number of hydrazone groups is 1. The highest BCUT2D eigenvalue weighted by molar-refractivity contribution is 5.98. The van der Waals surface area contributed by atoms with Gasteiger partial charge in [-0.05, 0) is 19.1 Å². The molecule has 2 aromatic rings. The molecule has 3 N–H and O–H groups in total. The van der Waals surface area contributed by atoms with E-state index in [2.05, 4.69) is 5.43 Å². The van der Waals surface area contributed by atoms with Gasteiger partial charge in [-0.15, -0.1) is 0 Å². The minimum absolute atomic E-state index is 0. The maximum absolute atomic E-state index is 12.1. The molecule has 1 aromatic carbocycles. The van der Waals surface area contributed by atoms with Gasteiger partial charge in [0.05, 0.1) is 17.4 Å². The predicted octanol–water partition coefficient (Wildman–Crippen LogP) is -1.83. The van der Waals surface area contributed by atoms with Crippen molar-refractivity contribution in [1.82, 2.24) is 5.43 Å². The molecule has 1 amide bonds. The second kappa shape index (κ2) is 5.50. The minimum atomic E-state index is -0.220. The summed E-state index contributed by atoms with van der Waals surface area (Å²) in [5.41, 5.74) is 11.4. The van der Waals surface area contributed by atoms with Crippen molar-refractivity contribution in [2.45, 2.75) is 13.5 Å². The largest absolute Gasteiger partial charge is 1.00 e. The lowest BCUT2D eigenvalue weighted by molar-refractivity contribution is -0.584. The monoisotopic (exact) mass is 335 g/mol. The van der Waals surface area contributed by atoms with Crippen molar-refractivity contribution in [1.29, 1.82) is 0 Å². The standard InChI is InChI=1S/C14H13N3O2.BrH/c1-9-11(6-7-19-9)14(18)16-17-8-10-4-2-3-5-12(10)13(17)15;/h2-7,15H,8H2,1H3,(H,16,18);1H. The van der Waals surface area contributed by atoms with Crippen LogP contribution in [0.5, 0.6) is 0 Å². The smallest absolute Gasteiger partial charge is 0.299 e. The lowest BCUT2D eigenvalue weighted by Crippen LogP contribution is -3.00. The van der Waals surface area contributed by atoms with Gasteiger partial charge in [-0.2, -0.15) is 10.1 Å². The second-order valence-electron chi connectivity index (χ2n) is 4.46. The summed E-state index contributed by atoms with van der Waals surface area (Å²) in [4.78, 5) is 12.1. The fourth-order valence-corrected chi connectivity index (χ4v) is 2.21. The molecular weight excluding hydrogens is 322 g/mol. The Labute approximate surface area is 126 Å². The van der Waals surface area contributed by atoms with Gasteiger partial charge in [-0.3, -0.25) is 10.5 Å². The third kappa shape index (κ3) is 2.34. The number of halogens is 1. The lowest BCUT2D eigenvalue weighted by Gasteiger charge is -2.04. The molecule has 104 valence electrons. The van der Waals surface area contributed by atoms with Gasteiger partial charge < -0.3 is 21.4 Å². The molecule has 0 aliphatic carbocycles. The normalized spacial score (nSPS) is 12.8. The number of benzene rings is 1. The van der Waals surface area contributed by atoms with Crippen LogP contribution in [0.15, 0.2) is 41.0 Å². The highest BCUT2D eigenvalue weighted by atomic mass is 79.9. The van der Waals surface area contributed by atoms with Crippen LogP contribution < -0.4 is 28.1 Å². The van der Waals surface area contributed by atoms with E-state index in [0.29, 0.717) is 23.7 Å². The molecule has 6 heteroatoms. The Balaban J connectivity index is 0.00000147. The number of fused-ring (bicyclic) bond motifs is 1. The van der Waals surface area contributed by atoms with E-state index >= 15 is 0 Å². The minimum Gasteiger partial charge on any atom is -1.00 e. The zero-order chi connectivity index (χ0) is 13.4. The van der Waals surface area contributed by atoms with E-state index in [1.54, 1.807) is 17.7 Å². The Morgan fingerprint density at radius 3 is 2.75 bits per heavy atom. The summed E-state index contributed by atoms with van der Waals surface area (Å²) in [6, 6.07) is 9.47. The first-order valence-electron chi connectivity index (χ1n) is 6.00. The number of carbonyl (C=O) groups excluding carboxylic acids is 1. The second-order valence-corrected chi connectivity index (χ2v) is 4.46. The van der Waals surface area contributed by atoms with Gasteiger partial charge in [0.2, 0.25) is 0 Å². The molecule has 20 heavy (non-hydrogen) atoms. The third-order valence-corrected chi connectivity index (χ3v) is 3.25. The van der Waals surface area contributed by atoms with Crippen molar-refractivity contribution in [2.24, 2.45) is 5.73 Å². The summed E-state index contributed by atoms with van der Waals surface area (Å²) < 4.78 is 6.77. The van der Waals surface area contributed by atoms with Crippen LogP contribution in [-0.2, 0) is 6.54 Å². The van der Waals surface area contributed by atoms with Gasteiger partial charge in [0.1, 0.15) is 12.3 Å². The number of amidine groups is 1. The van der Waals surface area contributed by atoms with Crippen LogP contribution in [0.25, 0.3) is 0 Å². The number of hydrazine groups is 1. The van der Waals surface area contributed by atoms with Crippen LogP contribution in [0.4, 0.5) is 0 Å². The SMILES string of the molecule is Cc1occc1C(=O)N[N+]1=C(N)c2ccccc2C1.[Br-]. The van der Waals surface area contributed by atoms with Crippen molar-refractivity contribution >= 4 is 11.7 Å². The van der Waals surface area contributed by atoms with Gasteiger partial charge >= 0.3 is 0 Å². The summed E-state index contributed by atoms with van der Waals surface area (Å²) in [6.45, 7) is 2.32. The maximum atomic E-state index is 12.1. The molecule has 0 saturated heterocycles. The third-order valence-electron chi connectivity index (χ3n) is 3.25. The fraction of sp³-hybridized carbons (Fsp3) is 0.143. The Kier molecular flexibility index (Phi) is 3.94. The molecule has 0 radical (unpaired) electrons.